The number of hydrogen-bond acceptors (Lipinski definition) is 4. The van der Waals surface area contributed by atoms with E-state index in [9.17, 15) is 4.79 Å². The molecule has 0 aliphatic heterocycles. The lowest BCUT2D eigenvalue weighted by Crippen LogP contribution is -2.04. The summed E-state index contributed by atoms with van der Waals surface area (Å²) in [6, 6.07) is 14.2. The molecule has 23 heavy (non-hydrogen) atoms. The molecule has 2 aromatic carbocycles. The predicted molar refractivity (Wildman–Crippen MR) is 90.8 cm³/mol. The lowest BCUT2D eigenvalue weighted by Gasteiger charge is -2.05. The number of carbonyl (C=O) groups excluding carboxylic acids is 1. The summed E-state index contributed by atoms with van der Waals surface area (Å²) in [4.78, 5) is 16.9. The van der Waals surface area contributed by atoms with Gasteiger partial charge in [-0.1, -0.05) is 47.6 Å². The highest BCUT2D eigenvalue weighted by Crippen LogP contribution is 2.12. The van der Waals surface area contributed by atoms with Gasteiger partial charge >= 0.3 is 5.97 Å². The third-order valence-electron chi connectivity index (χ3n) is 3.08. The van der Waals surface area contributed by atoms with Crippen LogP contribution in [0.5, 0.6) is 0 Å². The molecule has 0 saturated heterocycles. The third kappa shape index (κ3) is 4.69. The van der Waals surface area contributed by atoms with Crippen molar-refractivity contribution in [1.82, 2.24) is 0 Å². The predicted octanol–water partition coefficient (Wildman–Crippen LogP) is 4.23. The molecule has 0 heterocycles. The molecule has 0 bridgehead atoms. The Kier molecular flexibility index (Phi) is 5.94. The van der Waals surface area contributed by atoms with Gasteiger partial charge in [0.1, 0.15) is 12.3 Å². The molecule has 0 atom stereocenters. The van der Waals surface area contributed by atoms with Crippen LogP contribution in [0, 0.1) is 0 Å². The summed E-state index contributed by atoms with van der Waals surface area (Å²) in [5.41, 5.74) is 2.64. The molecule has 118 valence electrons. The molecule has 0 unspecified atom stereocenters. The van der Waals surface area contributed by atoms with E-state index < -0.39 is 5.97 Å². The largest absolute Gasteiger partial charge is 0.465 e. The molecule has 0 aliphatic rings. The Balaban J connectivity index is 2.11. The minimum atomic E-state index is -0.405. The van der Waals surface area contributed by atoms with Gasteiger partial charge in [0.25, 0.3) is 0 Å². The van der Waals surface area contributed by atoms with Crippen LogP contribution < -0.4 is 0 Å². The Morgan fingerprint density at radius 1 is 1.22 bits per heavy atom. The Bertz CT molecular complexity index is 723. The molecule has 0 radical (unpaired) electrons. The number of rotatable bonds is 6. The highest BCUT2D eigenvalue weighted by atomic mass is 35.5. The Hall–Kier alpha value is -2.59. The maximum atomic E-state index is 11.6. The normalized spacial score (nSPS) is 11.0. The van der Waals surface area contributed by atoms with Gasteiger partial charge in [-0.15, -0.1) is 0 Å². The average molecular weight is 330 g/mol. The molecule has 4 nitrogen and oxygen atoms in total. The van der Waals surface area contributed by atoms with Gasteiger partial charge in [-0.25, -0.2) is 4.79 Å². The van der Waals surface area contributed by atoms with Gasteiger partial charge < -0.3 is 9.57 Å². The van der Waals surface area contributed by atoms with E-state index in [2.05, 4.69) is 11.7 Å². The second-order valence-corrected chi connectivity index (χ2v) is 5.09. The zero-order valence-corrected chi connectivity index (χ0v) is 13.4. The van der Waals surface area contributed by atoms with Crippen LogP contribution in [-0.2, 0) is 16.2 Å². The van der Waals surface area contributed by atoms with Crippen LogP contribution in [0.25, 0.3) is 0 Å². The van der Waals surface area contributed by atoms with Gasteiger partial charge in [0, 0.05) is 10.6 Å². The van der Waals surface area contributed by atoms with Crippen molar-refractivity contribution >= 4 is 23.3 Å². The molecule has 0 spiro atoms. The van der Waals surface area contributed by atoms with Gasteiger partial charge in [-0.3, -0.25) is 0 Å². The summed E-state index contributed by atoms with van der Waals surface area (Å²) in [7, 11) is 1.34. The maximum Gasteiger partial charge on any atom is 0.337 e. The second kappa shape index (κ2) is 8.15. The molecule has 0 amide bonds. The lowest BCUT2D eigenvalue weighted by molar-refractivity contribution is 0.0600. The Morgan fingerprint density at radius 3 is 2.57 bits per heavy atom. The van der Waals surface area contributed by atoms with Crippen LogP contribution in [0.2, 0.25) is 5.02 Å². The number of hydrogen-bond donors (Lipinski definition) is 0. The first-order valence-corrected chi connectivity index (χ1v) is 7.27. The van der Waals surface area contributed by atoms with Crippen molar-refractivity contribution in [1.29, 1.82) is 0 Å². The summed E-state index contributed by atoms with van der Waals surface area (Å²) < 4.78 is 4.71. The summed E-state index contributed by atoms with van der Waals surface area (Å²) in [5, 5.41) is 4.74. The topological polar surface area (TPSA) is 47.9 Å². The van der Waals surface area contributed by atoms with Gasteiger partial charge in [0.05, 0.1) is 12.7 Å². The van der Waals surface area contributed by atoms with E-state index >= 15 is 0 Å². The van der Waals surface area contributed by atoms with Crippen molar-refractivity contribution in [2.45, 2.75) is 6.61 Å². The SMILES string of the molecule is C=C/C(=N\OCc1ccc(Cl)cc1)c1cccc(C(=O)OC)c1. The summed E-state index contributed by atoms with van der Waals surface area (Å²) in [6.07, 6.45) is 1.57. The third-order valence-corrected chi connectivity index (χ3v) is 3.33. The van der Waals surface area contributed by atoms with Crippen LogP contribution >= 0.6 is 11.6 Å². The minimum absolute atomic E-state index is 0.311. The molecular weight excluding hydrogens is 314 g/mol. The van der Waals surface area contributed by atoms with Gasteiger partial charge in [0.15, 0.2) is 0 Å². The second-order valence-electron chi connectivity index (χ2n) is 4.65. The van der Waals surface area contributed by atoms with E-state index in [1.165, 1.54) is 7.11 Å². The molecule has 0 aromatic heterocycles. The fourth-order valence-electron chi connectivity index (χ4n) is 1.89. The monoisotopic (exact) mass is 329 g/mol. The van der Waals surface area contributed by atoms with Gasteiger partial charge in [-0.2, -0.15) is 0 Å². The molecule has 0 N–H and O–H groups in total. The molecule has 0 aliphatic carbocycles. The van der Waals surface area contributed by atoms with E-state index in [0.717, 1.165) is 11.1 Å². The number of methoxy groups -OCH3 is 1. The van der Waals surface area contributed by atoms with E-state index in [4.69, 9.17) is 21.2 Å². The fraction of sp³-hybridized carbons (Fsp3) is 0.111. The Morgan fingerprint density at radius 2 is 1.91 bits per heavy atom. The zero-order chi connectivity index (χ0) is 16.7. The number of nitrogens with zero attached hydrogens (tertiary/aromatic N) is 1. The van der Waals surface area contributed by atoms with E-state index in [0.29, 0.717) is 22.9 Å². The molecule has 2 aromatic rings. The van der Waals surface area contributed by atoms with Gasteiger partial charge in [0.2, 0.25) is 0 Å². The number of carbonyl (C=O) groups is 1. The number of allylic oxidation sites excluding steroid dienone is 1. The number of benzene rings is 2. The number of oxime groups is 1. The highest BCUT2D eigenvalue weighted by Gasteiger charge is 2.08. The Labute approximate surface area is 140 Å². The minimum Gasteiger partial charge on any atom is -0.465 e. The van der Waals surface area contributed by atoms with E-state index in [1.807, 2.05) is 18.2 Å². The van der Waals surface area contributed by atoms with Crippen LogP contribution in [0.15, 0.2) is 66.3 Å². The van der Waals surface area contributed by atoms with Crippen LogP contribution in [0.3, 0.4) is 0 Å². The maximum absolute atomic E-state index is 11.6. The van der Waals surface area contributed by atoms with Crippen LogP contribution in [0.1, 0.15) is 21.5 Å². The van der Waals surface area contributed by atoms with Crippen molar-refractivity contribution in [2.75, 3.05) is 7.11 Å². The number of esters is 1. The van der Waals surface area contributed by atoms with Crippen molar-refractivity contribution < 1.29 is 14.4 Å². The number of halogens is 1. The molecule has 0 saturated carbocycles. The number of ether oxygens (including phenoxy) is 1. The summed E-state index contributed by atoms with van der Waals surface area (Å²) in [6.45, 7) is 4.04. The zero-order valence-electron chi connectivity index (χ0n) is 12.7. The van der Waals surface area contributed by atoms with Crippen molar-refractivity contribution in [3.8, 4) is 0 Å². The summed E-state index contributed by atoms with van der Waals surface area (Å²) >= 11 is 5.83. The van der Waals surface area contributed by atoms with Crippen molar-refractivity contribution in [3.63, 3.8) is 0 Å². The smallest absolute Gasteiger partial charge is 0.337 e. The first kappa shape index (κ1) is 16.8. The van der Waals surface area contributed by atoms with E-state index in [-0.39, 0.29) is 0 Å². The fourth-order valence-corrected chi connectivity index (χ4v) is 2.01. The molecule has 5 heteroatoms. The summed E-state index contributed by atoms with van der Waals surface area (Å²) in [5.74, 6) is -0.405. The van der Waals surface area contributed by atoms with Crippen molar-refractivity contribution in [2.24, 2.45) is 5.16 Å². The van der Waals surface area contributed by atoms with Gasteiger partial charge in [-0.05, 0) is 35.9 Å². The quantitative estimate of drug-likeness (QED) is 0.452. The molecule has 2 rings (SSSR count). The average Bonchev–Trinajstić information content (AvgIpc) is 2.59. The standard InChI is InChI=1S/C18H16ClNO3/c1-3-17(14-5-4-6-15(11-14)18(21)22-2)20-23-12-13-7-9-16(19)10-8-13/h3-11H,1,12H2,2H3/b20-17+. The van der Waals surface area contributed by atoms with Crippen LogP contribution in [-0.4, -0.2) is 18.8 Å². The van der Waals surface area contributed by atoms with Crippen molar-refractivity contribution in [3.05, 3.63) is 82.9 Å². The highest BCUT2D eigenvalue weighted by molar-refractivity contribution is 6.30. The first-order chi connectivity index (χ1) is 11.1. The first-order valence-electron chi connectivity index (χ1n) is 6.89. The lowest BCUT2D eigenvalue weighted by atomic mass is 10.1. The molecular formula is C18H16ClNO3. The molecule has 0 fully saturated rings. The van der Waals surface area contributed by atoms with E-state index in [1.54, 1.807) is 36.4 Å². The van der Waals surface area contributed by atoms with Crippen LogP contribution in [0.4, 0.5) is 0 Å².